The lowest BCUT2D eigenvalue weighted by Gasteiger charge is -2.16. The topological polar surface area (TPSA) is 30.7 Å². The fourth-order valence-corrected chi connectivity index (χ4v) is 1.79. The molecule has 1 rings (SSSR count). The van der Waals surface area contributed by atoms with E-state index in [-0.39, 0.29) is 5.41 Å². The number of aryl methyl sites for hydroxylation is 1. The molecule has 0 aliphatic carbocycles. The Morgan fingerprint density at radius 3 is 2.33 bits per heavy atom. The van der Waals surface area contributed by atoms with Crippen LogP contribution in [-0.2, 0) is 19.4 Å². The van der Waals surface area contributed by atoms with Crippen LogP contribution in [0.25, 0.3) is 0 Å². The second-order valence-corrected chi connectivity index (χ2v) is 5.30. The average Bonchev–Trinajstić information content (AvgIpc) is 2.45. The van der Waals surface area contributed by atoms with E-state index in [0.29, 0.717) is 0 Å². The van der Waals surface area contributed by atoms with Crippen molar-refractivity contribution in [2.24, 2.45) is 5.41 Å². The molecule has 0 atom stereocenters. The summed E-state index contributed by atoms with van der Waals surface area (Å²) in [4.78, 5) is 0. The smallest absolute Gasteiger partial charge is 0.0864 e. The summed E-state index contributed by atoms with van der Waals surface area (Å²) in [7, 11) is 0. The highest BCUT2D eigenvalue weighted by atomic mass is 15.4. The Morgan fingerprint density at radius 2 is 1.87 bits per heavy atom. The third-order valence-electron chi connectivity index (χ3n) is 2.39. The van der Waals surface area contributed by atoms with Crippen LogP contribution in [-0.4, -0.2) is 15.0 Å². The number of hydrogen-bond acceptors (Lipinski definition) is 2. The predicted molar refractivity (Wildman–Crippen MR) is 62.9 cm³/mol. The molecule has 1 aromatic rings. The summed E-state index contributed by atoms with van der Waals surface area (Å²) < 4.78 is 2.06. The molecule has 15 heavy (non-hydrogen) atoms. The molecule has 0 aromatic carbocycles. The van der Waals surface area contributed by atoms with E-state index in [0.717, 1.165) is 25.8 Å². The van der Waals surface area contributed by atoms with Gasteiger partial charge in [0.05, 0.1) is 11.4 Å². The Hall–Kier alpha value is -0.860. The largest absolute Gasteiger partial charge is 0.249 e. The highest BCUT2D eigenvalue weighted by Crippen LogP contribution is 2.21. The number of nitrogens with zero attached hydrogens (tertiary/aromatic N) is 3. The first kappa shape index (κ1) is 12.2. The maximum absolute atomic E-state index is 4.30. The van der Waals surface area contributed by atoms with E-state index in [1.165, 1.54) is 11.4 Å². The minimum Gasteiger partial charge on any atom is -0.249 e. The maximum Gasteiger partial charge on any atom is 0.0864 e. The van der Waals surface area contributed by atoms with Crippen molar-refractivity contribution in [1.82, 2.24) is 15.0 Å². The van der Waals surface area contributed by atoms with Gasteiger partial charge in [-0.05, 0) is 24.7 Å². The molecule has 0 amide bonds. The molecule has 0 saturated carbocycles. The lowest BCUT2D eigenvalue weighted by molar-refractivity contribution is 0.404. The third kappa shape index (κ3) is 3.33. The van der Waals surface area contributed by atoms with Gasteiger partial charge in [-0.15, -0.1) is 5.10 Å². The predicted octanol–water partition coefficient (Wildman–Crippen LogP) is 2.84. The van der Waals surface area contributed by atoms with Crippen molar-refractivity contribution in [2.75, 3.05) is 0 Å². The molecule has 0 spiro atoms. The highest BCUT2D eigenvalue weighted by Gasteiger charge is 2.18. The minimum absolute atomic E-state index is 0.289. The van der Waals surface area contributed by atoms with Gasteiger partial charge in [0.1, 0.15) is 0 Å². The SMILES string of the molecule is CCCn1nnc(CC(C)(C)C)c1CC. The Morgan fingerprint density at radius 1 is 1.20 bits per heavy atom. The van der Waals surface area contributed by atoms with Gasteiger partial charge in [0.25, 0.3) is 0 Å². The van der Waals surface area contributed by atoms with Crippen LogP contribution in [0, 0.1) is 5.41 Å². The first-order valence-corrected chi connectivity index (χ1v) is 5.89. The van der Waals surface area contributed by atoms with Crippen molar-refractivity contribution in [3.05, 3.63) is 11.4 Å². The van der Waals surface area contributed by atoms with Crippen molar-refractivity contribution >= 4 is 0 Å². The second kappa shape index (κ2) is 4.77. The van der Waals surface area contributed by atoms with Gasteiger partial charge in [0, 0.05) is 6.54 Å². The molecule has 0 bridgehead atoms. The molecule has 1 heterocycles. The van der Waals surface area contributed by atoms with E-state index in [1.807, 2.05) is 0 Å². The van der Waals surface area contributed by atoms with Crippen LogP contribution in [0.2, 0.25) is 0 Å². The molecule has 0 aliphatic heterocycles. The molecular weight excluding hydrogens is 186 g/mol. The minimum atomic E-state index is 0.289. The number of aromatic nitrogens is 3. The van der Waals surface area contributed by atoms with Crippen LogP contribution >= 0.6 is 0 Å². The van der Waals surface area contributed by atoms with Gasteiger partial charge in [-0.3, -0.25) is 0 Å². The van der Waals surface area contributed by atoms with E-state index >= 15 is 0 Å². The van der Waals surface area contributed by atoms with Crippen molar-refractivity contribution < 1.29 is 0 Å². The van der Waals surface area contributed by atoms with E-state index in [1.54, 1.807) is 0 Å². The molecule has 0 saturated heterocycles. The van der Waals surface area contributed by atoms with Crippen molar-refractivity contribution in [3.63, 3.8) is 0 Å². The molecule has 0 aliphatic rings. The van der Waals surface area contributed by atoms with Crippen molar-refractivity contribution in [3.8, 4) is 0 Å². The summed E-state index contributed by atoms with van der Waals surface area (Å²) in [5.74, 6) is 0. The first-order chi connectivity index (χ1) is 6.98. The molecule has 0 N–H and O–H groups in total. The zero-order valence-corrected chi connectivity index (χ0v) is 10.7. The third-order valence-corrected chi connectivity index (χ3v) is 2.39. The van der Waals surface area contributed by atoms with Crippen LogP contribution in [0.3, 0.4) is 0 Å². The Kier molecular flexibility index (Phi) is 3.89. The van der Waals surface area contributed by atoms with Gasteiger partial charge < -0.3 is 0 Å². The van der Waals surface area contributed by atoms with E-state index < -0.39 is 0 Å². The molecule has 86 valence electrons. The quantitative estimate of drug-likeness (QED) is 0.763. The van der Waals surface area contributed by atoms with Gasteiger partial charge >= 0.3 is 0 Å². The molecule has 0 radical (unpaired) electrons. The van der Waals surface area contributed by atoms with Gasteiger partial charge in [0.15, 0.2) is 0 Å². The van der Waals surface area contributed by atoms with E-state index in [9.17, 15) is 0 Å². The summed E-state index contributed by atoms with van der Waals surface area (Å²) in [6, 6.07) is 0. The standard InChI is InChI=1S/C12H23N3/c1-6-8-15-11(7-2)10(13-14-15)9-12(3,4)5/h6-9H2,1-5H3. The molecule has 1 aromatic heterocycles. The zero-order chi connectivity index (χ0) is 11.5. The van der Waals surface area contributed by atoms with Crippen molar-refractivity contribution in [2.45, 2.75) is 60.4 Å². The molecule has 3 nitrogen and oxygen atoms in total. The van der Waals surface area contributed by atoms with Crippen molar-refractivity contribution in [1.29, 1.82) is 0 Å². The molecular formula is C12H23N3. The summed E-state index contributed by atoms with van der Waals surface area (Å²) in [5, 5.41) is 8.53. The fraction of sp³-hybridized carbons (Fsp3) is 0.833. The van der Waals surface area contributed by atoms with E-state index in [2.05, 4.69) is 49.6 Å². The fourth-order valence-electron chi connectivity index (χ4n) is 1.79. The summed E-state index contributed by atoms with van der Waals surface area (Å²) in [6.07, 6.45) is 3.16. The van der Waals surface area contributed by atoms with Crippen LogP contribution in [0.15, 0.2) is 0 Å². The van der Waals surface area contributed by atoms with Gasteiger partial charge in [-0.2, -0.15) is 0 Å². The van der Waals surface area contributed by atoms with E-state index in [4.69, 9.17) is 0 Å². The van der Waals surface area contributed by atoms with Gasteiger partial charge in [-0.25, -0.2) is 4.68 Å². The molecule has 0 unspecified atom stereocenters. The van der Waals surface area contributed by atoms with Gasteiger partial charge in [-0.1, -0.05) is 39.8 Å². The van der Waals surface area contributed by atoms with Gasteiger partial charge in [0.2, 0.25) is 0 Å². The van der Waals surface area contributed by atoms with Crippen LogP contribution in [0.5, 0.6) is 0 Å². The first-order valence-electron chi connectivity index (χ1n) is 5.89. The summed E-state index contributed by atoms with van der Waals surface area (Å²) in [6.45, 7) is 12.1. The molecule has 0 fully saturated rings. The Labute approximate surface area is 92.9 Å². The average molecular weight is 209 g/mol. The normalized spacial score (nSPS) is 12.1. The summed E-state index contributed by atoms with van der Waals surface area (Å²) >= 11 is 0. The number of hydrogen-bond donors (Lipinski definition) is 0. The highest BCUT2D eigenvalue weighted by molar-refractivity contribution is 5.11. The molecule has 3 heteroatoms. The van der Waals surface area contributed by atoms with Crippen LogP contribution < -0.4 is 0 Å². The second-order valence-electron chi connectivity index (χ2n) is 5.30. The Balaban J connectivity index is 2.89. The Bertz CT molecular complexity index is 307. The lowest BCUT2D eigenvalue weighted by atomic mass is 9.89. The number of rotatable bonds is 4. The maximum atomic E-state index is 4.30. The monoisotopic (exact) mass is 209 g/mol. The van der Waals surface area contributed by atoms with Crippen LogP contribution in [0.1, 0.15) is 52.4 Å². The lowest BCUT2D eigenvalue weighted by Crippen LogP contribution is -2.12. The van der Waals surface area contributed by atoms with Crippen LogP contribution in [0.4, 0.5) is 0 Å². The zero-order valence-electron chi connectivity index (χ0n) is 10.7. The summed E-state index contributed by atoms with van der Waals surface area (Å²) in [5.41, 5.74) is 2.78.